The Labute approximate surface area is 140 Å². The van der Waals surface area contributed by atoms with Crippen molar-refractivity contribution in [1.29, 1.82) is 0 Å². The molecule has 24 heavy (non-hydrogen) atoms. The van der Waals surface area contributed by atoms with Gasteiger partial charge in [-0.25, -0.2) is 4.79 Å². The lowest BCUT2D eigenvalue weighted by Crippen LogP contribution is -2.39. The van der Waals surface area contributed by atoms with Crippen molar-refractivity contribution in [3.63, 3.8) is 0 Å². The number of rotatable bonds is 4. The Morgan fingerprint density at radius 2 is 1.92 bits per heavy atom. The van der Waals surface area contributed by atoms with E-state index in [1.165, 1.54) is 5.69 Å². The minimum Gasteiger partial charge on any atom is -0.478 e. The third kappa shape index (κ3) is 3.32. The van der Waals surface area contributed by atoms with E-state index in [1.54, 1.807) is 30.5 Å². The Bertz CT molecular complexity index is 745. The van der Waals surface area contributed by atoms with E-state index in [1.807, 2.05) is 22.7 Å². The predicted molar refractivity (Wildman–Crippen MR) is 88.9 cm³/mol. The summed E-state index contributed by atoms with van der Waals surface area (Å²) in [5.41, 5.74) is 1.98. The summed E-state index contributed by atoms with van der Waals surface area (Å²) in [7, 11) is 1.94. The Morgan fingerprint density at radius 3 is 2.54 bits per heavy atom. The maximum Gasteiger partial charge on any atom is 0.335 e. The summed E-state index contributed by atoms with van der Waals surface area (Å²) in [5.74, 6) is -0.576. The highest BCUT2D eigenvalue weighted by molar-refractivity contribution is 5.91. The van der Waals surface area contributed by atoms with Crippen LogP contribution in [0.4, 0.5) is 0 Å². The molecule has 1 saturated heterocycles. The highest BCUT2D eigenvalue weighted by Crippen LogP contribution is 2.27. The number of nitrogens with zero attached hydrogens (tertiary/aromatic N) is 3. The van der Waals surface area contributed by atoms with Crippen molar-refractivity contribution in [2.24, 2.45) is 7.05 Å². The number of hydrogen-bond donors (Lipinski definition) is 1. The number of carbonyl (C=O) groups excluding carboxylic acids is 1. The first-order valence-electron chi connectivity index (χ1n) is 8.13. The molecular weight excluding hydrogens is 306 g/mol. The van der Waals surface area contributed by atoms with Gasteiger partial charge in [0.2, 0.25) is 5.91 Å². The van der Waals surface area contributed by atoms with Crippen LogP contribution in [0.25, 0.3) is 0 Å². The number of aromatic nitrogens is 2. The first-order valence-corrected chi connectivity index (χ1v) is 8.13. The van der Waals surface area contributed by atoms with E-state index in [4.69, 9.17) is 0 Å². The Balaban J connectivity index is 1.62. The molecule has 2 aromatic rings. The van der Waals surface area contributed by atoms with Gasteiger partial charge in [0.25, 0.3) is 0 Å². The normalized spacial score (nSPS) is 15.5. The monoisotopic (exact) mass is 327 g/mol. The molecule has 6 heteroatoms. The van der Waals surface area contributed by atoms with Crippen LogP contribution >= 0.6 is 0 Å². The molecule has 6 nitrogen and oxygen atoms in total. The van der Waals surface area contributed by atoms with Crippen LogP contribution in [0.2, 0.25) is 0 Å². The Morgan fingerprint density at radius 1 is 1.21 bits per heavy atom. The van der Waals surface area contributed by atoms with Crippen LogP contribution < -0.4 is 0 Å². The first kappa shape index (κ1) is 16.2. The topological polar surface area (TPSA) is 75.4 Å². The van der Waals surface area contributed by atoms with Crippen molar-refractivity contribution in [2.75, 3.05) is 13.1 Å². The van der Waals surface area contributed by atoms with Gasteiger partial charge in [-0.15, -0.1) is 0 Å². The molecule has 0 spiro atoms. The fraction of sp³-hybridized carbons (Fsp3) is 0.389. The van der Waals surface area contributed by atoms with E-state index in [9.17, 15) is 14.7 Å². The highest BCUT2D eigenvalue weighted by Gasteiger charge is 2.26. The van der Waals surface area contributed by atoms with Gasteiger partial charge >= 0.3 is 5.97 Å². The van der Waals surface area contributed by atoms with Gasteiger partial charge in [-0.1, -0.05) is 18.2 Å². The number of hydrogen-bond acceptors (Lipinski definition) is 3. The number of carboxylic acids is 1. The smallest absolute Gasteiger partial charge is 0.335 e. The number of aryl methyl sites for hydroxylation is 1. The van der Waals surface area contributed by atoms with Crippen LogP contribution in [0.1, 0.15) is 40.4 Å². The zero-order chi connectivity index (χ0) is 17.1. The number of amides is 1. The lowest BCUT2D eigenvalue weighted by Gasteiger charge is -2.32. The van der Waals surface area contributed by atoms with Gasteiger partial charge in [-0.2, -0.15) is 5.10 Å². The quantitative estimate of drug-likeness (QED) is 0.933. The number of aromatic carboxylic acids is 1. The van der Waals surface area contributed by atoms with Crippen molar-refractivity contribution in [3.05, 3.63) is 53.3 Å². The van der Waals surface area contributed by atoms with Crippen LogP contribution in [-0.4, -0.2) is 44.8 Å². The van der Waals surface area contributed by atoms with Gasteiger partial charge in [-0.3, -0.25) is 9.48 Å². The molecule has 0 bridgehead atoms. The summed E-state index contributed by atoms with van der Waals surface area (Å²) in [6.45, 7) is 1.40. The van der Waals surface area contributed by atoms with Gasteiger partial charge in [-0.05, 0) is 30.5 Å². The number of carboxylic acid groups (broad SMARTS) is 1. The fourth-order valence-corrected chi connectivity index (χ4v) is 3.37. The molecular formula is C18H21N3O3. The largest absolute Gasteiger partial charge is 0.478 e. The van der Waals surface area contributed by atoms with Gasteiger partial charge in [0.1, 0.15) is 0 Å². The number of benzene rings is 1. The molecule has 0 saturated carbocycles. The van der Waals surface area contributed by atoms with Gasteiger partial charge in [0, 0.05) is 37.9 Å². The Hall–Kier alpha value is -2.63. The molecule has 1 aromatic heterocycles. The first-order chi connectivity index (χ1) is 11.6. The second-order valence-electron chi connectivity index (χ2n) is 6.17. The second-order valence-corrected chi connectivity index (χ2v) is 6.17. The molecule has 1 N–H and O–H groups in total. The molecule has 0 unspecified atom stereocenters. The van der Waals surface area contributed by atoms with Crippen molar-refractivity contribution >= 4 is 11.9 Å². The van der Waals surface area contributed by atoms with Crippen LogP contribution in [0.5, 0.6) is 0 Å². The molecule has 0 atom stereocenters. The van der Waals surface area contributed by atoms with E-state index in [0.29, 0.717) is 24.6 Å². The highest BCUT2D eigenvalue weighted by atomic mass is 16.4. The summed E-state index contributed by atoms with van der Waals surface area (Å²) < 4.78 is 1.89. The van der Waals surface area contributed by atoms with Crippen LogP contribution in [0.3, 0.4) is 0 Å². The molecule has 1 amide bonds. The van der Waals surface area contributed by atoms with E-state index < -0.39 is 5.97 Å². The molecule has 0 radical (unpaired) electrons. The summed E-state index contributed by atoms with van der Waals surface area (Å²) >= 11 is 0. The number of likely N-dealkylation sites (tertiary alicyclic amines) is 1. The van der Waals surface area contributed by atoms with Crippen LogP contribution in [-0.2, 0) is 18.3 Å². The van der Waals surface area contributed by atoms with Crippen molar-refractivity contribution in [1.82, 2.24) is 14.7 Å². The molecule has 2 heterocycles. The molecule has 1 fully saturated rings. The molecule has 3 rings (SSSR count). The van der Waals surface area contributed by atoms with Gasteiger partial charge < -0.3 is 10.0 Å². The number of piperidine rings is 1. The summed E-state index contributed by atoms with van der Waals surface area (Å²) in [6.07, 6.45) is 3.76. The van der Waals surface area contributed by atoms with E-state index in [0.717, 1.165) is 12.8 Å². The molecule has 126 valence electrons. The molecule has 1 aromatic carbocycles. The lowest BCUT2D eigenvalue weighted by molar-refractivity contribution is -0.131. The minimum atomic E-state index is -0.992. The van der Waals surface area contributed by atoms with Gasteiger partial charge in [0.05, 0.1) is 12.0 Å². The zero-order valence-corrected chi connectivity index (χ0v) is 13.7. The van der Waals surface area contributed by atoms with Crippen LogP contribution in [0, 0.1) is 0 Å². The fourth-order valence-electron chi connectivity index (χ4n) is 3.37. The molecule has 1 aliphatic rings. The van der Waals surface area contributed by atoms with Crippen molar-refractivity contribution < 1.29 is 14.7 Å². The van der Waals surface area contributed by atoms with E-state index in [-0.39, 0.29) is 17.9 Å². The molecule has 1 aliphatic heterocycles. The molecule has 0 aliphatic carbocycles. The SMILES string of the molecule is Cn1nccc1C1CCN(C(=O)Cc2ccccc2C(=O)O)CC1. The summed E-state index contributed by atoms with van der Waals surface area (Å²) in [4.78, 5) is 25.6. The maximum absolute atomic E-state index is 12.5. The average molecular weight is 327 g/mol. The van der Waals surface area contributed by atoms with Crippen molar-refractivity contribution in [3.8, 4) is 0 Å². The number of carbonyl (C=O) groups is 2. The van der Waals surface area contributed by atoms with Gasteiger partial charge in [0.15, 0.2) is 0 Å². The average Bonchev–Trinajstić information content (AvgIpc) is 3.01. The Kier molecular flexibility index (Phi) is 4.64. The lowest BCUT2D eigenvalue weighted by atomic mass is 9.93. The minimum absolute atomic E-state index is 0.00726. The standard InChI is InChI=1S/C18H21N3O3/c1-20-16(6-9-19-20)13-7-10-21(11-8-13)17(22)12-14-4-2-3-5-15(14)18(23)24/h2-6,9,13H,7-8,10-12H2,1H3,(H,23,24). The van der Waals surface area contributed by atoms with Crippen LogP contribution in [0.15, 0.2) is 36.5 Å². The third-order valence-electron chi connectivity index (χ3n) is 4.71. The second kappa shape index (κ2) is 6.86. The van der Waals surface area contributed by atoms with E-state index >= 15 is 0 Å². The summed E-state index contributed by atoms with van der Waals surface area (Å²) in [5, 5.41) is 13.4. The maximum atomic E-state index is 12.5. The zero-order valence-electron chi connectivity index (χ0n) is 13.7. The van der Waals surface area contributed by atoms with Crippen molar-refractivity contribution in [2.45, 2.75) is 25.2 Å². The third-order valence-corrected chi connectivity index (χ3v) is 4.71. The van der Waals surface area contributed by atoms with E-state index in [2.05, 4.69) is 5.10 Å². The summed E-state index contributed by atoms with van der Waals surface area (Å²) in [6, 6.07) is 8.73. The predicted octanol–water partition coefficient (Wildman–Crippen LogP) is 2.07.